The molecular weight excluding hydrogens is 196 g/mol. The molecule has 0 bridgehead atoms. The van der Waals surface area contributed by atoms with Gasteiger partial charge in [-0.2, -0.15) is 0 Å². The van der Waals surface area contributed by atoms with Gasteiger partial charge in [-0.25, -0.2) is 0 Å². The molecule has 0 radical (unpaired) electrons. The minimum atomic E-state index is 0.837. The summed E-state index contributed by atoms with van der Waals surface area (Å²) in [5, 5.41) is 3.78. The Morgan fingerprint density at radius 2 is 1.94 bits per heavy atom. The van der Waals surface area contributed by atoms with Crippen LogP contribution in [0.3, 0.4) is 0 Å². The van der Waals surface area contributed by atoms with E-state index < -0.39 is 0 Å². The maximum absolute atomic E-state index is 3.78. The molecule has 1 saturated heterocycles. The number of likely N-dealkylation sites (tertiary alicyclic amines) is 1. The quantitative estimate of drug-likeness (QED) is 0.698. The second-order valence-corrected chi connectivity index (χ2v) is 5.56. The van der Waals surface area contributed by atoms with Crippen molar-refractivity contribution in [2.45, 2.75) is 57.9 Å². The number of hydrogen-bond donors (Lipinski definition) is 1. The Hall–Kier alpha value is -0.0800. The van der Waals surface area contributed by atoms with E-state index in [0.29, 0.717) is 0 Å². The van der Waals surface area contributed by atoms with Gasteiger partial charge in [0.05, 0.1) is 0 Å². The summed E-state index contributed by atoms with van der Waals surface area (Å²) in [6, 6.07) is 0.837. The zero-order valence-corrected chi connectivity index (χ0v) is 10.9. The minimum absolute atomic E-state index is 0.837. The molecule has 1 aliphatic carbocycles. The van der Waals surface area contributed by atoms with Crippen molar-refractivity contribution >= 4 is 0 Å². The van der Waals surface area contributed by atoms with E-state index in [-0.39, 0.29) is 0 Å². The van der Waals surface area contributed by atoms with Gasteiger partial charge in [0.15, 0.2) is 0 Å². The van der Waals surface area contributed by atoms with Crippen LogP contribution in [-0.4, -0.2) is 37.1 Å². The molecule has 0 spiro atoms. The first-order chi connectivity index (χ1) is 7.90. The number of hydrogen-bond acceptors (Lipinski definition) is 2. The van der Waals surface area contributed by atoms with E-state index in [1.165, 1.54) is 71.1 Å². The first-order valence-corrected chi connectivity index (χ1v) is 7.36. The normalized spacial score (nSPS) is 31.3. The molecule has 1 aliphatic heterocycles. The first kappa shape index (κ1) is 12.4. The standard InChI is InChI=1S/C14H28N2/c1-2-13-7-5-8-14(13)15-9-6-12-16-10-3-4-11-16/h13-15H,2-12H2,1H3. The highest BCUT2D eigenvalue weighted by molar-refractivity contribution is 4.82. The van der Waals surface area contributed by atoms with E-state index in [1.54, 1.807) is 0 Å². The Kier molecular flexibility index (Phi) is 5.11. The van der Waals surface area contributed by atoms with Gasteiger partial charge >= 0.3 is 0 Å². The molecule has 0 aromatic rings. The molecule has 0 aromatic heterocycles. The van der Waals surface area contributed by atoms with Gasteiger partial charge in [0.1, 0.15) is 0 Å². The fraction of sp³-hybridized carbons (Fsp3) is 1.00. The van der Waals surface area contributed by atoms with Crippen molar-refractivity contribution in [1.82, 2.24) is 10.2 Å². The maximum Gasteiger partial charge on any atom is 0.00952 e. The lowest BCUT2D eigenvalue weighted by Crippen LogP contribution is -2.34. The third-order valence-electron chi connectivity index (χ3n) is 4.44. The van der Waals surface area contributed by atoms with E-state index >= 15 is 0 Å². The topological polar surface area (TPSA) is 15.3 Å². The van der Waals surface area contributed by atoms with E-state index in [2.05, 4.69) is 17.1 Å². The van der Waals surface area contributed by atoms with Crippen molar-refractivity contribution in [2.75, 3.05) is 26.2 Å². The van der Waals surface area contributed by atoms with Gasteiger partial charge in [0.2, 0.25) is 0 Å². The summed E-state index contributed by atoms with van der Waals surface area (Å²) in [5.74, 6) is 0.965. The highest BCUT2D eigenvalue weighted by atomic mass is 15.1. The largest absolute Gasteiger partial charge is 0.314 e. The van der Waals surface area contributed by atoms with Crippen LogP contribution in [0.25, 0.3) is 0 Å². The summed E-state index contributed by atoms with van der Waals surface area (Å²) >= 11 is 0. The van der Waals surface area contributed by atoms with Gasteiger partial charge in [0.25, 0.3) is 0 Å². The average molecular weight is 224 g/mol. The predicted molar refractivity (Wildman–Crippen MR) is 69.7 cm³/mol. The third kappa shape index (κ3) is 3.46. The van der Waals surface area contributed by atoms with Gasteiger partial charge in [0, 0.05) is 6.04 Å². The first-order valence-electron chi connectivity index (χ1n) is 7.36. The van der Waals surface area contributed by atoms with E-state index in [4.69, 9.17) is 0 Å². The minimum Gasteiger partial charge on any atom is -0.314 e. The van der Waals surface area contributed by atoms with Crippen molar-refractivity contribution in [3.05, 3.63) is 0 Å². The number of nitrogens with one attached hydrogen (secondary N) is 1. The predicted octanol–water partition coefficient (Wildman–Crippen LogP) is 2.64. The maximum atomic E-state index is 3.78. The lowest BCUT2D eigenvalue weighted by molar-refractivity contribution is 0.319. The average Bonchev–Trinajstić information content (AvgIpc) is 2.95. The number of nitrogens with zero attached hydrogens (tertiary/aromatic N) is 1. The van der Waals surface area contributed by atoms with Gasteiger partial charge < -0.3 is 10.2 Å². The highest BCUT2D eigenvalue weighted by Gasteiger charge is 2.24. The van der Waals surface area contributed by atoms with Crippen molar-refractivity contribution in [2.24, 2.45) is 5.92 Å². The lowest BCUT2D eigenvalue weighted by atomic mass is 10.0. The molecule has 2 aliphatic rings. The van der Waals surface area contributed by atoms with E-state index in [0.717, 1.165) is 12.0 Å². The molecule has 2 nitrogen and oxygen atoms in total. The smallest absolute Gasteiger partial charge is 0.00952 e. The van der Waals surface area contributed by atoms with Crippen LogP contribution in [0, 0.1) is 5.92 Å². The van der Waals surface area contributed by atoms with Crippen LogP contribution in [0.1, 0.15) is 51.9 Å². The Labute approximate surface area is 101 Å². The molecule has 1 saturated carbocycles. The van der Waals surface area contributed by atoms with E-state index in [1.807, 2.05) is 0 Å². The summed E-state index contributed by atoms with van der Waals surface area (Å²) in [4.78, 5) is 2.62. The molecule has 16 heavy (non-hydrogen) atoms. The molecule has 1 heterocycles. The Bertz CT molecular complexity index is 187. The van der Waals surface area contributed by atoms with Crippen LogP contribution in [0.2, 0.25) is 0 Å². The lowest BCUT2D eigenvalue weighted by Gasteiger charge is -2.20. The molecule has 0 aromatic carbocycles. The summed E-state index contributed by atoms with van der Waals surface area (Å²) in [6.07, 6.45) is 9.88. The monoisotopic (exact) mass is 224 g/mol. The van der Waals surface area contributed by atoms with Crippen LogP contribution < -0.4 is 5.32 Å². The SMILES string of the molecule is CCC1CCCC1NCCCN1CCCC1. The molecule has 2 fully saturated rings. The molecule has 1 N–H and O–H groups in total. The zero-order chi connectivity index (χ0) is 11.2. The highest BCUT2D eigenvalue weighted by Crippen LogP contribution is 2.27. The van der Waals surface area contributed by atoms with E-state index in [9.17, 15) is 0 Å². The Morgan fingerprint density at radius 3 is 2.69 bits per heavy atom. The second kappa shape index (κ2) is 6.61. The second-order valence-electron chi connectivity index (χ2n) is 5.56. The number of rotatable bonds is 6. The van der Waals surface area contributed by atoms with Crippen molar-refractivity contribution in [3.63, 3.8) is 0 Å². The molecule has 2 heteroatoms. The molecule has 2 atom stereocenters. The third-order valence-corrected chi connectivity index (χ3v) is 4.44. The van der Waals surface area contributed by atoms with Crippen LogP contribution in [0.15, 0.2) is 0 Å². The summed E-state index contributed by atoms with van der Waals surface area (Å²) < 4.78 is 0. The van der Waals surface area contributed by atoms with Gasteiger partial charge in [-0.05, 0) is 64.2 Å². The molecule has 2 rings (SSSR count). The summed E-state index contributed by atoms with van der Waals surface area (Å²) in [7, 11) is 0. The Balaban J connectivity index is 1.53. The molecule has 94 valence electrons. The van der Waals surface area contributed by atoms with Crippen LogP contribution in [0.4, 0.5) is 0 Å². The van der Waals surface area contributed by atoms with Gasteiger partial charge in [-0.1, -0.05) is 19.8 Å². The fourth-order valence-corrected chi connectivity index (χ4v) is 3.39. The van der Waals surface area contributed by atoms with Crippen LogP contribution in [0.5, 0.6) is 0 Å². The fourth-order valence-electron chi connectivity index (χ4n) is 3.39. The molecular formula is C14H28N2. The van der Waals surface area contributed by atoms with Crippen molar-refractivity contribution in [1.29, 1.82) is 0 Å². The van der Waals surface area contributed by atoms with Crippen LogP contribution in [-0.2, 0) is 0 Å². The van der Waals surface area contributed by atoms with Crippen molar-refractivity contribution < 1.29 is 0 Å². The zero-order valence-electron chi connectivity index (χ0n) is 10.9. The molecule has 0 amide bonds. The summed E-state index contributed by atoms with van der Waals surface area (Å²) in [6.45, 7) is 7.59. The van der Waals surface area contributed by atoms with Crippen molar-refractivity contribution in [3.8, 4) is 0 Å². The molecule has 2 unspecified atom stereocenters. The van der Waals surface area contributed by atoms with Crippen LogP contribution >= 0.6 is 0 Å². The van der Waals surface area contributed by atoms with Gasteiger partial charge in [-0.15, -0.1) is 0 Å². The summed E-state index contributed by atoms with van der Waals surface area (Å²) in [5.41, 5.74) is 0. The Morgan fingerprint density at radius 1 is 1.12 bits per heavy atom. The van der Waals surface area contributed by atoms with Gasteiger partial charge in [-0.3, -0.25) is 0 Å².